The van der Waals surface area contributed by atoms with E-state index in [1.165, 1.54) is 16.2 Å². The first-order chi connectivity index (χ1) is 20.8. The molecule has 1 aliphatic heterocycles. The molecule has 9 rings (SSSR count). The maximum Gasteiger partial charge on any atom is 0.142 e. The number of ether oxygens (including phenoxy) is 1. The summed E-state index contributed by atoms with van der Waals surface area (Å²) < 4.78 is 20.5. The highest BCUT2D eigenvalue weighted by Gasteiger charge is 2.36. The highest BCUT2D eigenvalue weighted by molar-refractivity contribution is 7.21. The zero-order valence-electron chi connectivity index (χ0n) is 22.5. The molecule has 4 heterocycles. The molecule has 2 atom stereocenters. The topological polar surface area (TPSA) is 48.2 Å². The van der Waals surface area contributed by atoms with Crippen LogP contribution in [0.15, 0.2) is 120 Å². The lowest BCUT2D eigenvalue weighted by Crippen LogP contribution is -2.02. The van der Waals surface area contributed by atoms with E-state index in [-0.39, 0.29) is 6.10 Å². The molecule has 4 aromatic carbocycles. The number of hydrogen-bond donors (Lipinski definition) is 0. The van der Waals surface area contributed by atoms with Gasteiger partial charge in [-0.25, -0.2) is 4.98 Å². The Balaban J connectivity index is 1.38. The fourth-order valence-corrected chi connectivity index (χ4v) is 8.28. The zero-order chi connectivity index (χ0) is 27.6. The van der Waals surface area contributed by atoms with Crippen molar-refractivity contribution in [3.63, 3.8) is 0 Å². The number of nitrogens with zero attached hydrogens (tertiary/aromatic N) is 2. The van der Waals surface area contributed by atoms with E-state index in [0.717, 1.165) is 83.7 Å². The Kier molecular flexibility index (Phi) is 5.46. The van der Waals surface area contributed by atoms with Crippen molar-refractivity contribution in [1.29, 1.82) is 0 Å². The van der Waals surface area contributed by atoms with Gasteiger partial charge in [0.2, 0.25) is 0 Å². The van der Waals surface area contributed by atoms with Gasteiger partial charge in [0.25, 0.3) is 0 Å². The van der Waals surface area contributed by atoms with E-state index in [1.54, 1.807) is 11.3 Å². The van der Waals surface area contributed by atoms with E-state index in [0.29, 0.717) is 5.92 Å². The van der Waals surface area contributed by atoms with Gasteiger partial charge in [-0.1, -0.05) is 78.9 Å². The Hall–Kier alpha value is -4.52. The van der Waals surface area contributed by atoms with Crippen LogP contribution in [0.3, 0.4) is 0 Å². The van der Waals surface area contributed by atoms with Crippen molar-refractivity contribution in [2.75, 3.05) is 0 Å². The SMILES string of the molecule is C1=CCC2CC(c3ccc(-c4nsc5ccccc45)c(-c4nc5ccccc5s4)c3-c3occ4ccccc34)OC2=C1. The van der Waals surface area contributed by atoms with E-state index >= 15 is 0 Å². The molecule has 7 aromatic rings. The van der Waals surface area contributed by atoms with Crippen molar-refractivity contribution in [3.8, 4) is 33.2 Å². The minimum atomic E-state index is -0.0885. The van der Waals surface area contributed by atoms with Gasteiger partial charge in [0.1, 0.15) is 22.6 Å². The van der Waals surface area contributed by atoms with Crippen LogP contribution in [0, 0.1) is 5.92 Å². The van der Waals surface area contributed by atoms with Gasteiger partial charge in [-0.15, -0.1) is 11.3 Å². The summed E-state index contributed by atoms with van der Waals surface area (Å²) in [5, 5.41) is 4.26. The first-order valence-electron chi connectivity index (χ1n) is 14.2. The molecule has 1 saturated heterocycles. The molecule has 6 heteroatoms. The first-order valence-corrected chi connectivity index (χ1v) is 15.8. The number of rotatable bonds is 4. The number of hydrogen-bond acceptors (Lipinski definition) is 6. The van der Waals surface area contributed by atoms with Crippen LogP contribution in [0.25, 0.3) is 64.2 Å². The summed E-state index contributed by atoms with van der Waals surface area (Å²) in [5.74, 6) is 2.32. The Morgan fingerprint density at radius 1 is 0.810 bits per heavy atom. The Morgan fingerprint density at radius 3 is 2.55 bits per heavy atom. The molecule has 3 aromatic heterocycles. The standard InChI is InChI=1S/C36H24N2O2S2/c1-3-11-23-22(10-1)20-39-35(23)32-24(29-19-21-9-2-6-14-28(21)40-29)17-18-26(34-25-12-4-7-15-30(25)42-38-34)33(32)36-37-27-13-5-8-16-31(27)41-36/h1-8,10-18,20-21,29H,9,19H2. The van der Waals surface area contributed by atoms with Gasteiger partial charge in [-0.05, 0) is 48.6 Å². The van der Waals surface area contributed by atoms with E-state index < -0.39 is 0 Å². The molecule has 4 nitrogen and oxygen atoms in total. The molecule has 2 aliphatic rings. The predicted molar refractivity (Wildman–Crippen MR) is 173 cm³/mol. The van der Waals surface area contributed by atoms with Crippen molar-refractivity contribution >= 4 is 53.9 Å². The summed E-state index contributed by atoms with van der Waals surface area (Å²) >= 11 is 3.25. The molecule has 1 fully saturated rings. The summed E-state index contributed by atoms with van der Waals surface area (Å²) in [5.41, 5.74) is 6.25. The smallest absolute Gasteiger partial charge is 0.142 e. The van der Waals surface area contributed by atoms with E-state index in [9.17, 15) is 0 Å². The van der Waals surface area contributed by atoms with Crippen LogP contribution in [0.1, 0.15) is 24.5 Å². The lowest BCUT2D eigenvalue weighted by Gasteiger charge is -2.20. The summed E-state index contributed by atoms with van der Waals surface area (Å²) in [6.45, 7) is 0. The molecule has 42 heavy (non-hydrogen) atoms. The number of fused-ring (bicyclic) bond motifs is 4. The quantitative estimate of drug-likeness (QED) is 0.208. The minimum Gasteiger partial charge on any atom is -0.490 e. The molecule has 1 aliphatic carbocycles. The van der Waals surface area contributed by atoms with Gasteiger partial charge in [0.15, 0.2) is 0 Å². The molecule has 0 N–H and O–H groups in total. The minimum absolute atomic E-state index is 0.0885. The zero-order valence-corrected chi connectivity index (χ0v) is 24.1. The number of allylic oxidation sites excluding steroid dienone is 4. The van der Waals surface area contributed by atoms with Crippen molar-refractivity contribution in [3.05, 3.63) is 121 Å². The first kappa shape index (κ1) is 24.1. The summed E-state index contributed by atoms with van der Waals surface area (Å²) in [6.07, 6.45) is 10.2. The van der Waals surface area contributed by atoms with Crippen LogP contribution < -0.4 is 0 Å². The molecular formula is C36H24N2O2S2. The van der Waals surface area contributed by atoms with Gasteiger partial charge in [-0.2, -0.15) is 4.37 Å². The van der Waals surface area contributed by atoms with E-state index in [2.05, 4.69) is 97.1 Å². The number of benzene rings is 4. The van der Waals surface area contributed by atoms with Crippen molar-refractivity contribution in [2.24, 2.45) is 5.92 Å². The van der Waals surface area contributed by atoms with Crippen LogP contribution in [-0.2, 0) is 4.74 Å². The fraction of sp³-hybridized carbons (Fsp3) is 0.111. The molecule has 0 bridgehead atoms. The molecule has 2 unspecified atom stereocenters. The lowest BCUT2D eigenvalue weighted by atomic mass is 9.86. The van der Waals surface area contributed by atoms with Gasteiger partial charge in [0, 0.05) is 44.3 Å². The monoisotopic (exact) mass is 580 g/mol. The third kappa shape index (κ3) is 3.72. The van der Waals surface area contributed by atoms with Gasteiger partial charge >= 0.3 is 0 Å². The normalized spacial score (nSPS) is 18.0. The van der Waals surface area contributed by atoms with E-state index in [4.69, 9.17) is 18.5 Å². The third-order valence-corrected chi connectivity index (χ3v) is 10.3. The number of thiazole rings is 1. The van der Waals surface area contributed by atoms with Gasteiger partial charge in [0.05, 0.1) is 26.9 Å². The Morgan fingerprint density at radius 2 is 1.64 bits per heavy atom. The molecule has 0 amide bonds. The molecule has 202 valence electrons. The van der Waals surface area contributed by atoms with Crippen molar-refractivity contribution < 1.29 is 9.15 Å². The average Bonchev–Trinajstić information content (AvgIpc) is 3.84. The van der Waals surface area contributed by atoms with Crippen LogP contribution in [0.5, 0.6) is 0 Å². The lowest BCUT2D eigenvalue weighted by molar-refractivity contribution is 0.162. The summed E-state index contributed by atoms with van der Waals surface area (Å²) in [4.78, 5) is 5.21. The Labute approximate surface area is 250 Å². The van der Waals surface area contributed by atoms with Crippen LogP contribution >= 0.6 is 22.9 Å². The molecule has 0 saturated carbocycles. The second-order valence-electron chi connectivity index (χ2n) is 10.9. The average molecular weight is 581 g/mol. The molecular weight excluding hydrogens is 557 g/mol. The summed E-state index contributed by atoms with van der Waals surface area (Å²) in [6, 6.07) is 29.7. The van der Waals surface area contributed by atoms with Crippen LogP contribution in [0.4, 0.5) is 0 Å². The largest absolute Gasteiger partial charge is 0.490 e. The van der Waals surface area contributed by atoms with Crippen molar-refractivity contribution in [1.82, 2.24) is 9.36 Å². The van der Waals surface area contributed by atoms with Gasteiger partial charge in [-0.3, -0.25) is 0 Å². The second-order valence-corrected chi connectivity index (χ2v) is 12.7. The fourth-order valence-electron chi connectivity index (χ4n) is 6.46. The molecule has 0 radical (unpaired) electrons. The maximum absolute atomic E-state index is 6.69. The predicted octanol–water partition coefficient (Wildman–Crippen LogP) is 10.6. The molecule has 0 spiro atoms. The highest BCUT2D eigenvalue weighted by Crippen LogP contribution is 2.52. The number of furan rings is 1. The van der Waals surface area contributed by atoms with Crippen molar-refractivity contribution in [2.45, 2.75) is 18.9 Å². The van der Waals surface area contributed by atoms with E-state index in [1.807, 2.05) is 12.3 Å². The maximum atomic E-state index is 6.69. The number of para-hydroxylation sites is 1. The second kappa shape index (κ2) is 9.51. The third-order valence-electron chi connectivity index (χ3n) is 8.46. The summed E-state index contributed by atoms with van der Waals surface area (Å²) in [7, 11) is 0. The van der Waals surface area contributed by atoms with Crippen LogP contribution in [-0.4, -0.2) is 9.36 Å². The highest BCUT2D eigenvalue weighted by atomic mass is 32.1. The van der Waals surface area contributed by atoms with Crippen LogP contribution in [0.2, 0.25) is 0 Å². The van der Waals surface area contributed by atoms with Gasteiger partial charge < -0.3 is 9.15 Å². The number of aromatic nitrogens is 2. The Bertz CT molecular complexity index is 2180.